The first-order valence-electron chi connectivity index (χ1n) is 5.96. The van der Waals surface area contributed by atoms with E-state index < -0.39 is 0 Å². The largest absolute Gasteiger partial charge is 0.340 e. The highest BCUT2D eigenvalue weighted by Crippen LogP contribution is 2.26. The van der Waals surface area contributed by atoms with Crippen LogP contribution < -0.4 is 5.32 Å². The number of carbonyl (C=O) groups is 1. The van der Waals surface area contributed by atoms with Gasteiger partial charge in [0.15, 0.2) is 0 Å². The van der Waals surface area contributed by atoms with Crippen molar-refractivity contribution in [2.75, 3.05) is 36.9 Å². The molecule has 92 valence electrons. The van der Waals surface area contributed by atoms with Crippen molar-refractivity contribution in [2.45, 2.75) is 24.6 Å². The van der Waals surface area contributed by atoms with Gasteiger partial charge >= 0.3 is 0 Å². The van der Waals surface area contributed by atoms with Gasteiger partial charge in [-0.1, -0.05) is 0 Å². The SMILES string of the molecule is C[C@@H]1CN(C(=O)CC2CSCCS2)CCN1. The maximum Gasteiger partial charge on any atom is 0.223 e. The number of piperazine rings is 1. The smallest absolute Gasteiger partial charge is 0.223 e. The minimum atomic E-state index is 0.355. The second kappa shape index (κ2) is 6.17. The van der Waals surface area contributed by atoms with E-state index in [9.17, 15) is 4.79 Å². The van der Waals surface area contributed by atoms with Crippen LogP contribution in [0.3, 0.4) is 0 Å². The zero-order valence-electron chi connectivity index (χ0n) is 9.78. The molecule has 1 N–H and O–H groups in total. The molecule has 5 heteroatoms. The van der Waals surface area contributed by atoms with E-state index in [1.807, 2.05) is 28.4 Å². The van der Waals surface area contributed by atoms with Crippen LogP contribution in [0.4, 0.5) is 0 Å². The Bertz CT molecular complexity index is 244. The Morgan fingerprint density at radius 1 is 1.50 bits per heavy atom. The number of nitrogens with zero attached hydrogens (tertiary/aromatic N) is 1. The molecule has 0 saturated carbocycles. The zero-order valence-corrected chi connectivity index (χ0v) is 11.4. The van der Waals surface area contributed by atoms with Crippen molar-refractivity contribution < 1.29 is 4.79 Å². The average Bonchev–Trinajstić information content (AvgIpc) is 2.30. The fourth-order valence-electron chi connectivity index (χ4n) is 2.14. The van der Waals surface area contributed by atoms with Crippen LogP contribution in [0.1, 0.15) is 13.3 Å². The van der Waals surface area contributed by atoms with Gasteiger partial charge in [-0.05, 0) is 6.92 Å². The number of thioether (sulfide) groups is 2. The molecule has 0 aromatic carbocycles. The topological polar surface area (TPSA) is 32.3 Å². The third kappa shape index (κ3) is 3.57. The molecule has 2 rings (SSSR count). The number of hydrogen-bond donors (Lipinski definition) is 1. The van der Waals surface area contributed by atoms with Crippen LogP contribution >= 0.6 is 23.5 Å². The van der Waals surface area contributed by atoms with E-state index in [0.717, 1.165) is 31.8 Å². The molecule has 0 aromatic heterocycles. The molecule has 2 aliphatic rings. The molecule has 2 fully saturated rings. The third-order valence-corrected chi connectivity index (χ3v) is 5.85. The Labute approximate surface area is 106 Å². The van der Waals surface area contributed by atoms with E-state index in [4.69, 9.17) is 0 Å². The Balaban J connectivity index is 1.77. The molecule has 16 heavy (non-hydrogen) atoms. The van der Waals surface area contributed by atoms with Crippen LogP contribution in [0.25, 0.3) is 0 Å². The molecule has 2 saturated heterocycles. The lowest BCUT2D eigenvalue weighted by molar-refractivity contribution is -0.132. The number of hydrogen-bond acceptors (Lipinski definition) is 4. The molecule has 0 aliphatic carbocycles. The van der Waals surface area contributed by atoms with Gasteiger partial charge in [-0.25, -0.2) is 0 Å². The summed E-state index contributed by atoms with van der Waals surface area (Å²) in [6.07, 6.45) is 0.740. The first-order chi connectivity index (χ1) is 7.75. The fraction of sp³-hybridized carbons (Fsp3) is 0.909. The summed E-state index contributed by atoms with van der Waals surface area (Å²) in [7, 11) is 0. The second-order valence-electron chi connectivity index (χ2n) is 4.47. The maximum absolute atomic E-state index is 12.1. The van der Waals surface area contributed by atoms with Crippen molar-refractivity contribution in [1.82, 2.24) is 10.2 Å². The van der Waals surface area contributed by atoms with E-state index >= 15 is 0 Å². The Morgan fingerprint density at radius 2 is 2.38 bits per heavy atom. The van der Waals surface area contributed by atoms with Crippen molar-refractivity contribution in [3.05, 3.63) is 0 Å². The molecule has 1 amide bonds. The lowest BCUT2D eigenvalue weighted by Crippen LogP contribution is -2.51. The summed E-state index contributed by atoms with van der Waals surface area (Å²) in [4.78, 5) is 14.1. The monoisotopic (exact) mass is 260 g/mol. The van der Waals surface area contributed by atoms with Crippen LogP contribution in [0, 0.1) is 0 Å². The molecule has 0 bridgehead atoms. The summed E-state index contributed by atoms with van der Waals surface area (Å²) in [5.74, 6) is 3.96. The number of nitrogens with one attached hydrogen (secondary N) is 1. The summed E-state index contributed by atoms with van der Waals surface area (Å²) >= 11 is 3.96. The van der Waals surface area contributed by atoms with Gasteiger partial charge in [-0.3, -0.25) is 4.79 Å². The van der Waals surface area contributed by atoms with Crippen LogP contribution in [0.15, 0.2) is 0 Å². The van der Waals surface area contributed by atoms with Gasteiger partial charge in [-0.2, -0.15) is 23.5 Å². The number of amides is 1. The van der Waals surface area contributed by atoms with Gasteiger partial charge in [0.2, 0.25) is 5.91 Å². The molecule has 1 unspecified atom stereocenters. The van der Waals surface area contributed by atoms with Crippen LogP contribution in [0.2, 0.25) is 0 Å². The standard InChI is InChI=1S/C11H20N2OS2/c1-9-7-13(3-2-12-9)11(14)6-10-8-15-4-5-16-10/h9-10,12H,2-8H2,1H3/t9-,10?/m1/s1. The lowest BCUT2D eigenvalue weighted by Gasteiger charge is -2.33. The summed E-state index contributed by atoms with van der Waals surface area (Å²) in [5.41, 5.74) is 0. The van der Waals surface area contributed by atoms with Gasteiger partial charge in [0.05, 0.1) is 0 Å². The van der Waals surface area contributed by atoms with Gasteiger partial charge in [-0.15, -0.1) is 0 Å². The predicted molar refractivity (Wildman–Crippen MR) is 72.2 cm³/mol. The average molecular weight is 260 g/mol. The molecular formula is C11H20N2OS2. The lowest BCUT2D eigenvalue weighted by atomic mass is 10.2. The molecule has 0 aromatic rings. The Hall–Kier alpha value is 0.130. The van der Waals surface area contributed by atoms with E-state index in [1.165, 1.54) is 11.5 Å². The van der Waals surface area contributed by atoms with Gasteiger partial charge in [0.25, 0.3) is 0 Å². The highest BCUT2D eigenvalue weighted by molar-refractivity contribution is 8.06. The summed E-state index contributed by atoms with van der Waals surface area (Å²) in [6, 6.07) is 0.450. The number of rotatable bonds is 2. The first-order valence-corrected chi connectivity index (χ1v) is 8.16. The van der Waals surface area contributed by atoms with Crippen LogP contribution in [-0.2, 0) is 4.79 Å². The van der Waals surface area contributed by atoms with Gasteiger partial charge < -0.3 is 10.2 Å². The van der Waals surface area contributed by atoms with E-state index in [1.54, 1.807) is 0 Å². The molecule has 2 heterocycles. The van der Waals surface area contributed by atoms with Crippen molar-refractivity contribution >= 4 is 29.4 Å². The molecule has 0 spiro atoms. The minimum Gasteiger partial charge on any atom is -0.340 e. The minimum absolute atomic E-state index is 0.355. The fourth-order valence-corrected chi connectivity index (χ4v) is 4.81. The highest BCUT2D eigenvalue weighted by atomic mass is 32.2. The van der Waals surface area contributed by atoms with Crippen molar-refractivity contribution in [3.63, 3.8) is 0 Å². The van der Waals surface area contributed by atoms with Crippen molar-refractivity contribution in [2.24, 2.45) is 0 Å². The second-order valence-corrected chi connectivity index (χ2v) is 7.02. The van der Waals surface area contributed by atoms with Crippen LogP contribution in [-0.4, -0.2) is 59.0 Å². The van der Waals surface area contributed by atoms with Crippen LogP contribution in [0.5, 0.6) is 0 Å². The summed E-state index contributed by atoms with van der Waals surface area (Å²) < 4.78 is 0. The Kier molecular flexibility index (Phi) is 4.85. The van der Waals surface area contributed by atoms with Gasteiger partial charge in [0, 0.05) is 54.6 Å². The molecule has 3 nitrogen and oxygen atoms in total. The quantitative estimate of drug-likeness (QED) is 0.804. The number of carbonyl (C=O) groups excluding carboxylic acids is 1. The van der Waals surface area contributed by atoms with E-state index in [-0.39, 0.29) is 0 Å². The van der Waals surface area contributed by atoms with Crippen molar-refractivity contribution in [3.8, 4) is 0 Å². The summed E-state index contributed by atoms with van der Waals surface area (Å²) in [6.45, 7) is 4.85. The molecule has 2 atom stereocenters. The highest BCUT2D eigenvalue weighted by Gasteiger charge is 2.24. The van der Waals surface area contributed by atoms with Gasteiger partial charge in [0.1, 0.15) is 0 Å². The molecule has 2 aliphatic heterocycles. The van der Waals surface area contributed by atoms with E-state index in [0.29, 0.717) is 17.2 Å². The summed E-state index contributed by atoms with van der Waals surface area (Å²) in [5, 5.41) is 3.92. The predicted octanol–water partition coefficient (Wildman–Crippen LogP) is 1.05. The maximum atomic E-state index is 12.1. The Morgan fingerprint density at radius 3 is 3.06 bits per heavy atom. The molecule has 0 radical (unpaired) electrons. The molecular weight excluding hydrogens is 240 g/mol. The first kappa shape index (κ1) is 12.6. The third-order valence-electron chi connectivity index (χ3n) is 3.01. The van der Waals surface area contributed by atoms with E-state index in [2.05, 4.69) is 12.2 Å². The normalized spacial score (nSPS) is 31.4. The zero-order chi connectivity index (χ0) is 11.4. The van der Waals surface area contributed by atoms with Crippen molar-refractivity contribution in [1.29, 1.82) is 0 Å².